The third-order valence-electron chi connectivity index (χ3n) is 2.70. The molecule has 0 saturated heterocycles. The van der Waals surface area contributed by atoms with Crippen LogP contribution >= 0.6 is 0 Å². The first-order chi connectivity index (χ1) is 9.72. The zero-order chi connectivity index (χ0) is 14.8. The lowest BCUT2D eigenvalue weighted by molar-refractivity contribution is 0.0600. The van der Waals surface area contributed by atoms with Gasteiger partial charge >= 0.3 is 5.97 Å². The molecule has 0 fully saturated rings. The van der Waals surface area contributed by atoms with E-state index in [2.05, 4.69) is 33.5 Å². The van der Waals surface area contributed by atoms with Gasteiger partial charge in [-0.15, -0.1) is 0 Å². The number of carbonyl (C=O) groups is 1. The Morgan fingerprint density at radius 3 is 2.90 bits per heavy atom. The Kier molecular flexibility index (Phi) is 6.74. The molecule has 0 bridgehead atoms. The van der Waals surface area contributed by atoms with Crippen molar-refractivity contribution in [2.75, 3.05) is 7.11 Å². The van der Waals surface area contributed by atoms with Crippen molar-refractivity contribution in [2.45, 2.75) is 32.6 Å². The zero-order valence-electron chi connectivity index (χ0n) is 11.7. The van der Waals surface area contributed by atoms with Gasteiger partial charge in [0.2, 0.25) is 0 Å². The Labute approximate surface area is 118 Å². The number of carbonyl (C=O) groups excluding carboxylic acids is 1. The molecule has 0 aliphatic carbocycles. The van der Waals surface area contributed by atoms with E-state index < -0.39 is 5.97 Å². The molecular formula is C15H17N3O2. The van der Waals surface area contributed by atoms with Crippen LogP contribution in [0.4, 0.5) is 5.69 Å². The van der Waals surface area contributed by atoms with Gasteiger partial charge in [0.15, 0.2) is 0 Å². The van der Waals surface area contributed by atoms with E-state index in [9.17, 15) is 4.79 Å². The van der Waals surface area contributed by atoms with Gasteiger partial charge in [0.1, 0.15) is 0 Å². The topological polar surface area (TPSA) is 75.1 Å². The molecule has 104 valence electrons. The standard InChI is InChI=1S/C15H17N3O2/c1-3-4-5-6-7-8-12-11-13(15(19)20-2)9-10-14(12)17-18-16/h9-11H,3-6H2,1-2H3. The molecule has 1 rings (SSSR count). The first kappa shape index (κ1) is 15.6. The minimum atomic E-state index is -0.438. The van der Waals surface area contributed by atoms with Gasteiger partial charge in [0.05, 0.1) is 18.4 Å². The second kappa shape index (κ2) is 8.63. The lowest BCUT2D eigenvalue weighted by Crippen LogP contribution is -2.01. The zero-order valence-corrected chi connectivity index (χ0v) is 11.7. The summed E-state index contributed by atoms with van der Waals surface area (Å²) in [5, 5.41) is 3.57. The van der Waals surface area contributed by atoms with Crippen molar-refractivity contribution in [1.29, 1.82) is 0 Å². The summed E-state index contributed by atoms with van der Waals surface area (Å²) in [5.41, 5.74) is 9.88. The van der Waals surface area contributed by atoms with Crippen molar-refractivity contribution in [2.24, 2.45) is 5.11 Å². The van der Waals surface area contributed by atoms with E-state index in [1.54, 1.807) is 18.2 Å². The van der Waals surface area contributed by atoms with Gasteiger partial charge in [0.25, 0.3) is 0 Å². The minimum Gasteiger partial charge on any atom is -0.465 e. The number of nitrogens with zero attached hydrogens (tertiary/aromatic N) is 3. The molecule has 5 nitrogen and oxygen atoms in total. The molecule has 1 aromatic carbocycles. The Balaban J connectivity index is 2.99. The summed E-state index contributed by atoms with van der Waals surface area (Å²) in [4.78, 5) is 14.2. The van der Waals surface area contributed by atoms with E-state index >= 15 is 0 Å². The second-order valence-electron chi connectivity index (χ2n) is 4.17. The Morgan fingerprint density at radius 1 is 1.45 bits per heavy atom. The van der Waals surface area contributed by atoms with Crippen LogP contribution in [0.15, 0.2) is 23.3 Å². The third-order valence-corrected chi connectivity index (χ3v) is 2.70. The lowest BCUT2D eigenvalue weighted by atomic mass is 10.1. The van der Waals surface area contributed by atoms with Crippen LogP contribution in [0.25, 0.3) is 10.4 Å². The SMILES string of the molecule is CCCCCC#Cc1cc(C(=O)OC)ccc1N=[N+]=[N-]. The summed E-state index contributed by atoms with van der Waals surface area (Å²) in [5.74, 6) is 5.55. The van der Waals surface area contributed by atoms with Crippen LogP contribution in [0.3, 0.4) is 0 Å². The van der Waals surface area contributed by atoms with Gasteiger partial charge in [-0.1, -0.05) is 42.8 Å². The number of hydrogen-bond acceptors (Lipinski definition) is 3. The van der Waals surface area contributed by atoms with Crippen LogP contribution < -0.4 is 0 Å². The van der Waals surface area contributed by atoms with Crippen molar-refractivity contribution < 1.29 is 9.53 Å². The summed E-state index contributed by atoms with van der Waals surface area (Å²) in [7, 11) is 1.32. The van der Waals surface area contributed by atoms with E-state index in [1.165, 1.54) is 7.11 Å². The molecule has 0 radical (unpaired) electrons. The monoisotopic (exact) mass is 271 g/mol. The molecule has 0 aliphatic rings. The number of esters is 1. The van der Waals surface area contributed by atoms with E-state index in [1.807, 2.05) is 0 Å². The highest BCUT2D eigenvalue weighted by Gasteiger charge is 2.07. The summed E-state index contributed by atoms with van der Waals surface area (Å²) in [6.07, 6.45) is 4.10. The van der Waals surface area contributed by atoms with Crippen LogP contribution in [0.2, 0.25) is 0 Å². The number of methoxy groups -OCH3 is 1. The highest BCUT2D eigenvalue weighted by atomic mass is 16.5. The molecule has 0 spiro atoms. The Bertz CT molecular complexity index is 579. The molecule has 0 amide bonds. The molecule has 0 saturated carbocycles. The molecule has 0 atom stereocenters. The normalized spacial score (nSPS) is 9.10. The Hall–Kier alpha value is -2.44. The summed E-state index contributed by atoms with van der Waals surface area (Å²) in [6.45, 7) is 2.13. The maximum absolute atomic E-state index is 11.5. The first-order valence-corrected chi connectivity index (χ1v) is 6.49. The fourth-order valence-electron chi connectivity index (χ4n) is 1.64. The Morgan fingerprint density at radius 2 is 2.25 bits per heavy atom. The highest BCUT2D eigenvalue weighted by molar-refractivity contribution is 5.90. The molecule has 0 aliphatic heterocycles. The summed E-state index contributed by atoms with van der Waals surface area (Å²) in [6, 6.07) is 4.71. The van der Waals surface area contributed by atoms with Crippen molar-refractivity contribution in [3.8, 4) is 11.8 Å². The van der Waals surface area contributed by atoms with E-state index in [0.717, 1.165) is 25.7 Å². The molecule has 20 heavy (non-hydrogen) atoms. The number of hydrogen-bond donors (Lipinski definition) is 0. The fourth-order valence-corrected chi connectivity index (χ4v) is 1.64. The molecule has 0 aromatic heterocycles. The van der Waals surface area contributed by atoms with Crippen LogP contribution in [-0.2, 0) is 4.74 Å². The van der Waals surface area contributed by atoms with Gasteiger partial charge in [0, 0.05) is 16.9 Å². The van der Waals surface area contributed by atoms with E-state index in [4.69, 9.17) is 5.53 Å². The maximum Gasteiger partial charge on any atom is 0.337 e. The molecule has 0 unspecified atom stereocenters. The van der Waals surface area contributed by atoms with Gasteiger partial charge < -0.3 is 4.74 Å². The second-order valence-corrected chi connectivity index (χ2v) is 4.17. The number of unbranched alkanes of at least 4 members (excludes halogenated alkanes) is 3. The predicted molar refractivity (Wildman–Crippen MR) is 77.6 cm³/mol. The molecular weight excluding hydrogens is 254 g/mol. The average Bonchev–Trinajstić information content (AvgIpc) is 2.48. The number of ether oxygens (including phenoxy) is 1. The summed E-state index contributed by atoms with van der Waals surface area (Å²) < 4.78 is 4.66. The smallest absolute Gasteiger partial charge is 0.337 e. The van der Waals surface area contributed by atoms with Crippen molar-refractivity contribution in [1.82, 2.24) is 0 Å². The van der Waals surface area contributed by atoms with Crippen LogP contribution in [-0.4, -0.2) is 13.1 Å². The maximum atomic E-state index is 11.5. The third kappa shape index (κ3) is 4.68. The van der Waals surface area contributed by atoms with Crippen LogP contribution in [0.1, 0.15) is 48.5 Å². The fraction of sp³-hybridized carbons (Fsp3) is 0.400. The average molecular weight is 271 g/mol. The molecule has 5 heteroatoms. The largest absolute Gasteiger partial charge is 0.465 e. The predicted octanol–water partition coefficient (Wildman–Crippen LogP) is 4.35. The van der Waals surface area contributed by atoms with Gasteiger partial charge in [-0.25, -0.2) is 4.79 Å². The van der Waals surface area contributed by atoms with E-state index in [0.29, 0.717) is 16.8 Å². The van der Waals surface area contributed by atoms with Gasteiger partial charge in [-0.05, 0) is 24.1 Å². The first-order valence-electron chi connectivity index (χ1n) is 6.49. The molecule has 0 heterocycles. The van der Waals surface area contributed by atoms with E-state index in [-0.39, 0.29) is 0 Å². The van der Waals surface area contributed by atoms with Crippen molar-refractivity contribution in [3.05, 3.63) is 39.8 Å². The van der Waals surface area contributed by atoms with Gasteiger partial charge in [-0.3, -0.25) is 0 Å². The number of azide groups is 1. The number of rotatable bonds is 5. The van der Waals surface area contributed by atoms with Gasteiger partial charge in [-0.2, -0.15) is 0 Å². The van der Waals surface area contributed by atoms with Crippen molar-refractivity contribution in [3.63, 3.8) is 0 Å². The summed E-state index contributed by atoms with van der Waals surface area (Å²) >= 11 is 0. The van der Waals surface area contributed by atoms with Crippen molar-refractivity contribution >= 4 is 11.7 Å². The number of benzene rings is 1. The quantitative estimate of drug-likeness (QED) is 0.199. The minimum absolute atomic E-state index is 0.391. The molecule has 0 N–H and O–H groups in total. The van der Waals surface area contributed by atoms with Crippen LogP contribution in [0, 0.1) is 11.8 Å². The highest BCUT2D eigenvalue weighted by Crippen LogP contribution is 2.20. The molecule has 1 aromatic rings. The lowest BCUT2D eigenvalue weighted by Gasteiger charge is -2.02. The van der Waals surface area contributed by atoms with Crippen LogP contribution in [0.5, 0.6) is 0 Å².